The third kappa shape index (κ3) is 5.42. The number of nitrogen functional groups attached to an aromatic ring is 1. The SMILES string of the molecule is COC(=O)CCCN(C)C(=O)Cc1cccc(N)c1. The van der Waals surface area contributed by atoms with E-state index in [1.807, 2.05) is 12.1 Å². The standard InChI is InChI=1S/C14H20N2O3/c1-16(8-4-7-14(18)19-2)13(17)10-11-5-3-6-12(15)9-11/h3,5-6,9H,4,7-8,10,15H2,1-2H3. The van der Waals surface area contributed by atoms with Gasteiger partial charge in [-0.15, -0.1) is 0 Å². The molecule has 5 nitrogen and oxygen atoms in total. The molecule has 2 N–H and O–H groups in total. The highest BCUT2D eigenvalue weighted by atomic mass is 16.5. The molecule has 0 unspecified atom stereocenters. The molecule has 0 fully saturated rings. The molecule has 104 valence electrons. The molecule has 0 aromatic heterocycles. The Hall–Kier alpha value is -2.04. The Morgan fingerprint density at radius 1 is 1.37 bits per heavy atom. The molecule has 1 aromatic rings. The number of nitrogens with zero attached hydrogens (tertiary/aromatic N) is 1. The van der Waals surface area contributed by atoms with Gasteiger partial charge in [-0.3, -0.25) is 9.59 Å². The van der Waals surface area contributed by atoms with E-state index in [0.717, 1.165) is 5.56 Å². The number of carbonyl (C=O) groups excluding carboxylic acids is 2. The molecule has 1 amide bonds. The number of hydrogen-bond acceptors (Lipinski definition) is 4. The minimum Gasteiger partial charge on any atom is -0.469 e. The molecule has 0 heterocycles. The molecule has 0 saturated carbocycles. The van der Waals surface area contributed by atoms with E-state index in [4.69, 9.17) is 5.73 Å². The van der Waals surface area contributed by atoms with Gasteiger partial charge in [0.15, 0.2) is 0 Å². The van der Waals surface area contributed by atoms with Gasteiger partial charge in [0.2, 0.25) is 5.91 Å². The van der Waals surface area contributed by atoms with Crippen LogP contribution in [0.1, 0.15) is 18.4 Å². The van der Waals surface area contributed by atoms with Crippen molar-refractivity contribution < 1.29 is 14.3 Å². The molecule has 1 aromatic carbocycles. The van der Waals surface area contributed by atoms with E-state index in [1.54, 1.807) is 24.1 Å². The van der Waals surface area contributed by atoms with Crippen LogP contribution in [0, 0.1) is 0 Å². The third-order valence-corrected chi connectivity index (χ3v) is 2.83. The topological polar surface area (TPSA) is 72.6 Å². The Morgan fingerprint density at radius 2 is 2.11 bits per heavy atom. The molecule has 0 aliphatic heterocycles. The van der Waals surface area contributed by atoms with E-state index in [-0.39, 0.29) is 11.9 Å². The minimum absolute atomic E-state index is 0.00969. The normalized spacial score (nSPS) is 10.0. The number of amides is 1. The number of ether oxygens (including phenoxy) is 1. The van der Waals surface area contributed by atoms with Crippen molar-refractivity contribution in [3.8, 4) is 0 Å². The summed E-state index contributed by atoms with van der Waals surface area (Å²) in [6, 6.07) is 7.28. The van der Waals surface area contributed by atoms with Gasteiger partial charge in [-0.1, -0.05) is 12.1 Å². The van der Waals surface area contributed by atoms with Crippen LogP contribution in [0.3, 0.4) is 0 Å². The molecular weight excluding hydrogens is 244 g/mol. The number of benzene rings is 1. The number of carbonyl (C=O) groups is 2. The molecule has 0 aliphatic rings. The van der Waals surface area contributed by atoms with Crippen LogP contribution >= 0.6 is 0 Å². The number of likely N-dealkylation sites (N-methyl/N-ethyl adjacent to an activating group) is 1. The van der Waals surface area contributed by atoms with Gasteiger partial charge in [0.25, 0.3) is 0 Å². The molecular formula is C14H20N2O3. The first-order valence-corrected chi connectivity index (χ1v) is 6.18. The maximum Gasteiger partial charge on any atom is 0.305 e. The Kier molecular flexibility index (Phi) is 5.85. The fraction of sp³-hybridized carbons (Fsp3) is 0.429. The van der Waals surface area contributed by atoms with Gasteiger partial charge in [-0.2, -0.15) is 0 Å². The van der Waals surface area contributed by atoms with Crippen LogP contribution in [0.4, 0.5) is 5.69 Å². The van der Waals surface area contributed by atoms with Crippen molar-refractivity contribution in [1.29, 1.82) is 0 Å². The van der Waals surface area contributed by atoms with E-state index < -0.39 is 0 Å². The van der Waals surface area contributed by atoms with Crippen molar-refractivity contribution in [1.82, 2.24) is 4.90 Å². The number of hydrogen-bond donors (Lipinski definition) is 1. The Morgan fingerprint density at radius 3 is 2.74 bits per heavy atom. The monoisotopic (exact) mass is 264 g/mol. The molecule has 0 atom stereocenters. The summed E-state index contributed by atoms with van der Waals surface area (Å²) in [5.74, 6) is -0.243. The molecule has 5 heteroatoms. The molecule has 0 radical (unpaired) electrons. The minimum atomic E-state index is -0.253. The summed E-state index contributed by atoms with van der Waals surface area (Å²) in [6.45, 7) is 0.538. The third-order valence-electron chi connectivity index (χ3n) is 2.83. The van der Waals surface area contributed by atoms with Crippen molar-refractivity contribution in [2.45, 2.75) is 19.3 Å². The lowest BCUT2D eigenvalue weighted by molar-refractivity contribution is -0.141. The summed E-state index contributed by atoms with van der Waals surface area (Å²) in [7, 11) is 3.09. The summed E-state index contributed by atoms with van der Waals surface area (Å²) in [5, 5.41) is 0. The second-order valence-corrected chi connectivity index (χ2v) is 4.42. The lowest BCUT2D eigenvalue weighted by Gasteiger charge is -2.16. The first-order chi connectivity index (χ1) is 9.02. The maximum atomic E-state index is 11.9. The molecule has 0 spiro atoms. The maximum absolute atomic E-state index is 11.9. The molecule has 0 bridgehead atoms. The number of nitrogens with two attached hydrogens (primary N) is 1. The van der Waals surface area contributed by atoms with Gasteiger partial charge in [0.05, 0.1) is 13.5 Å². The van der Waals surface area contributed by atoms with Crippen molar-refractivity contribution in [2.75, 3.05) is 26.4 Å². The fourth-order valence-electron chi connectivity index (χ4n) is 1.70. The van der Waals surface area contributed by atoms with Gasteiger partial charge in [-0.05, 0) is 24.1 Å². The lowest BCUT2D eigenvalue weighted by Crippen LogP contribution is -2.29. The van der Waals surface area contributed by atoms with Gasteiger partial charge in [0.1, 0.15) is 0 Å². The van der Waals surface area contributed by atoms with Crippen molar-refractivity contribution in [3.63, 3.8) is 0 Å². The number of esters is 1. The average Bonchev–Trinajstić information content (AvgIpc) is 2.38. The van der Waals surface area contributed by atoms with Crippen LogP contribution in [-0.2, 0) is 20.7 Å². The van der Waals surface area contributed by atoms with Crippen LogP contribution in [0.25, 0.3) is 0 Å². The summed E-state index contributed by atoms with van der Waals surface area (Å²) in [6.07, 6.45) is 1.25. The zero-order valence-electron chi connectivity index (χ0n) is 11.4. The number of anilines is 1. The second kappa shape index (κ2) is 7.41. The smallest absolute Gasteiger partial charge is 0.305 e. The van der Waals surface area contributed by atoms with Crippen molar-refractivity contribution in [2.24, 2.45) is 0 Å². The average molecular weight is 264 g/mol. The summed E-state index contributed by atoms with van der Waals surface area (Å²) in [5.41, 5.74) is 7.21. The first kappa shape index (κ1) is 15.0. The first-order valence-electron chi connectivity index (χ1n) is 6.18. The second-order valence-electron chi connectivity index (χ2n) is 4.42. The quantitative estimate of drug-likeness (QED) is 0.619. The number of methoxy groups -OCH3 is 1. The highest BCUT2D eigenvalue weighted by Crippen LogP contribution is 2.08. The van der Waals surface area contributed by atoms with Crippen molar-refractivity contribution in [3.05, 3.63) is 29.8 Å². The van der Waals surface area contributed by atoms with Gasteiger partial charge < -0.3 is 15.4 Å². The van der Waals surface area contributed by atoms with E-state index in [0.29, 0.717) is 31.5 Å². The van der Waals surface area contributed by atoms with E-state index >= 15 is 0 Å². The Balaban J connectivity index is 2.38. The van der Waals surface area contributed by atoms with Gasteiger partial charge >= 0.3 is 5.97 Å². The molecule has 0 aliphatic carbocycles. The van der Waals surface area contributed by atoms with E-state index in [1.165, 1.54) is 7.11 Å². The van der Waals surface area contributed by atoms with E-state index in [9.17, 15) is 9.59 Å². The predicted octanol–water partition coefficient (Wildman–Crippen LogP) is 1.22. The summed E-state index contributed by atoms with van der Waals surface area (Å²) in [4.78, 5) is 24.5. The molecule has 19 heavy (non-hydrogen) atoms. The van der Waals surface area contributed by atoms with Gasteiger partial charge in [0, 0.05) is 25.7 Å². The Bertz CT molecular complexity index is 446. The van der Waals surface area contributed by atoms with Crippen LogP contribution in [-0.4, -0.2) is 37.5 Å². The lowest BCUT2D eigenvalue weighted by atomic mass is 10.1. The van der Waals surface area contributed by atoms with Gasteiger partial charge in [-0.25, -0.2) is 0 Å². The zero-order valence-corrected chi connectivity index (χ0v) is 11.4. The van der Waals surface area contributed by atoms with Crippen LogP contribution < -0.4 is 5.73 Å². The fourth-order valence-corrected chi connectivity index (χ4v) is 1.70. The predicted molar refractivity (Wildman–Crippen MR) is 73.4 cm³/mol. The van der Waals surface area contributed by atoms with Crippen molar-refractivity contribution >= 4 is 17.6 Å². The highest BCUT2D eigenvalue weighted by Gasteiger charge is 2.10. The zero-order chi connectivity index (χ0) is 14.3. The highest BCUT2D eigenvalue weighted by molar-refractivity contribution is 5.78. The van der Waals surface area contributed by atoms with Crippen LogP contribution in [0.15, 0.2) is 24.3 Å². The Labute approximate surface area is 113 Å². The molecule has 0 saturated heterocycles. The summed E-state index contributed by atoms with van der Waals surface area (Å²) < 4.78 is 4.55. The largest absolute Gasteiger partial charge is 0.469 e. The van der Waals surface area contributed by atoms with Crippen LogP contribution in [0.5, 0.6) is 0 Å². The van der Waals surface area contributed by atoms with E-state index in [2.05, 4.69) is 4.74 Å². The van der Waals surface area contributed by atoms with Crippen LogP contribution in [0.2, 0.25) is 0 Å². The summed E-state index contributed by atoms with van der Waals surface area (Å²) >= 11 is 0. The molecule has 1 rings (SSSR count). The number of rotatable bonds is 6.